The number of nitrogens with one attached hydrogen (secondary N) is 1. The molecule has 139 valence electrons. The summed E-state index contributed by atoms with van der Waals surface area (Å²) < 4.78 is 24.4. The first-order valence-electron chi connectivity index (χ1n) is 9.77. The lowest BCUT2D eigenvalue weighted by molar-refractivity contribution is 0.383. The van der Waals surface area contributed by atoms with Crippen LogP contribution < -0.4 is 5.14 Å². The Balaban J connectivity index is 3.74. The van der Waals surface area contributed by atoms with Crippen molar-refractivity contribution in [2.75, 3.05) is 13.1 Å². The highest BCUT2D eigenvalue weighted by molar-refractivity contribution is 7.86. The van der Waals surface area contributed by atoms with E-state index in [4.69, 9.17) is 5.14 Å². The van der Waals surface area contributed by atoms with Crippen LogP contribution in [0.5, 0.6) is 0 Å². The van der Waals surface area contributed by atoms with E-state index in [9.17, 15) is 8.42 Å². The van der Waals surface area contributed by atoms with Gasteiger partial charge in [-0.15, -0.1) is 5.14 Å². The van der Waals surface area contributed by atoms with E-state index in [1.165, 1.54) is 68.5 Å². The van der Waals surface area contributed by atoms with Crippen molar-refractivity contribution in [1.82, 2.24) is 9.44 Å². The molecule has 0 saturated heterocycles. The number of rotatable bonds is 17. The highest BCUT2D eigenvalue weighted by Gasteiger charge is 2.16. The highest BCUT2D eigenvalue weighted by atomic mass is 32.2. The van der Waals surface area contributed by atoms with E-state index in [1.807, 2.05) is 0 Å². The van der Waals surface area contributed by atoms with Gasteiger partial charge in [0.2, 0.25) is 0 Å². The maximum Gasteiger partial charge on any atom is 0.293 e. The zero-order chi connectivity index (χ0) is 17.4. The molecule has 0 aromatic heterocycles. The first kappa shape index (κ1) is 22.9. The molecule has 0 amide bonds. The molecule has 0 aromatic carbocycles. The molecule has 0 atom stereocenters. The molecule has 1 radical (unpaired) electrons. The van der Waals surface area contributed by atoms with Gasteiger partial charge < -0.3 is 0 Å². The zero-order valence-electron chi connectivity index (χ0n) is 15.5. The Morgan fingerprint density at radius 3 is 1.22 bits per heavy atom. The SMILES string of the molecule is CCCCCCCCCN(CCCCCCCCC)S([NH])(=O)=O. The van der Waals surface area contributed by atoms with Gasteiger partial charge in [-0.2, -0.15) is 12.7 Å². The Morgan fingerprint density at radius 2 is 0.913 bits per heavy atom. The lowest BCUT2D eigenvalue weighted by Gasteiger charge is -2.18. The quantitative estimate of drug-likeness (QED) is 0.334. The summed E-state index contributed by atoms with van der Waals surface area (Å²) in [5.74, 6) is 0. The molecular weight excluding hydrogens is 308 g/mol. The molecule has 1 N–H and O–H groups in total. The van der Waals surface area contributed by atoms with Crippen LogP contribution in [-0.4, -0.2) is 25.8 Å². The molecule has 0 aliphatic rings. The molecule has 0 fully saturated rings. The molecule has 0 spiro atoms. The molecule has 23 heavy (non-hydrogen) atoms. The zero-order valence-corrected chi connectivity index (χ0v) is 16.3. The summed E-state index contributed by atoms with van der Waals surface area (Å²) in [4.78, 5) is 0. The first-order valence-corrected chi connectivity index (χ1v) is 11.2. The van der Waals surface area contributed by atoms with Crippen molar-refractivity contribution in [3.05, 3.63) is 0 Å². The molecule has 0 rings (SSSR count). The predicted molar refractivity (Wildman–Crippen MR) is 99.6 cm³/mol. The van der Waals surface area contributed by atoms with Crippen LogP contribution in [0.25, 0.3) is 0 Å². The number of hydrogen-bond acceptors (Lipinski definition) is 2. The normalized spacial score (nSPS) is 12.2. The smallest absolute Gasteiger partial charge is 0.194 e. The van der Waals surface area contributed by atoms with Crippen LogP contribution in [0.2, 0.25) is 0 Å². The Morgan fingerprint density at radius 1 is 0.609 bits per heavy atom. The van der Waals surface area contributed by atoms with E-state index >= 15 is 0 Å². The molecular formula is C18H39N2O2S. The Hall–Kier alpha value is -0.130. The standard InChI is InChI=1S/C18H39N2O2S/c1-3-5-7-9-11-13-15-17-20(23(19,21)22)18-16-14-12-10-8-6-4-2/h19H,3-18H2,1-2H3. The highest BCUT2D eigenvalue weighted by Crippen LogP contribution is 2.11. The molecule has 0 aromatic rings. The second-order valence-electron chi connectivity index (χ2n) is 6.65. The molecule has 0 unspecified atom stereocenters. The van der Waals surface area contributed by atoms with Gasteiger partial charge >= 0.3 is 0 Å². The van der Waals surface area contributed by atoms with Gasteiger partial charge in [0.05, 0.1) is 0 Å². The van der Waals surface area contributed by atoms with Crippen molar-refractivity contribution in [2.45, 2.75) is 104 Å². The van der Waals surface area contributed by atoms with Crippen LogP contribution in [-0.2, 0) is 10.2 Å². The van der Waals surface area contributed by atoms with Crippen molar-refractivity contribution in [3.8, 4) is 0 Å². The Labute approximate surface area is 145 Å². The molecule has 0 saturated carbocycles. The van der Waals surface area contributed by atoms with Crippen molar-refractivity contribution >= 4 is 10.2 Å². The van der Waals surface area contributed by atoms with E-state index in [1.54, 1.807) is 0 Å². The predicted octanol–water partition coefficient (Wildman–Crippen LogP) is 5.32. The second kappa shape index (κ2) is 15.4. The van der Waals surface area contributed by atoms with E-state index in [0.29, 0.717) is 13.1 Å². The maximum atomic E-state index is 11.5. The van der Waals surface area contributed by atoms with Crippen LogP contribution in [0.15, 0.2) is 0 Å². The first-order chi connectivity index (χ1) is 11.0. The summed E-state index contributed by atoms with van der Waals surface area (Å²) in [5, 5.41) is 7.33. The van der Waals surface area contributed by atoms with Crippen LogP contribution >= 0.6 is 0 Å². The lowest BCUT2D eigenvalue weighted by atomic mass is 10.1. The summed E-state index contributed by atoms with van der Waals surface area (Å²) >= 11 is 0. The van der Waals surface area contributed by atoms with Crippen molar-refractivity contribution < 1.29 is 8.42 Å². The van der Waals surface area contributed by atoms with Gasteiger partial charge in [-0.05, 0) is 12.8 Å². The maximum absolute atomic E-state index is 11.5. The van der Waals surface area contributed by atoms with E-state index in [2.05, 4.69) is 13.8 Å². The topological polar surface area (TPSA) is 61.2 Å². The third kappa shape index (κ3) is 15.2. The molecule has 5 heteroatoms. The Kier molecular flexibility index (Phi) is 15.3. The van der Waals surface area contributed by atoms with Gasteiger partial charge in [0.15, 0.2) is 0 Å². The van der Waals surface area contributed by atoms with Crippen molar-refractivity contribution in [2.24, 2.45) is 0 Å². The van der Waals surface area contributed by atoms with Crippen LogP contribution in [0.3, 0.4) is 0 Å². The third-order valence-electron chi connectivity index (χ3n) is 4.36. The summed E-state index contributed by atoms with van der Waals surface area (Å²) in [6.07, 6.45) is 16.5. The lowest BCUT2D eigenvalue weighted by Crippen LogP contribution is -2.33. The van der Waals surface area contributed by atoms with E-state index in [-0.39, 0.29) is 0 Å². The minimum atomic E-state index is -3.78. The molecule has 0 bridgehead atoms. The molecule has 0 aliphatic heterocycles. The number of nitrogens with zero attached hydrogens (tertiary/aromatic N) is 1. The van der Waals surface area contributed by atoms with Gasteiger partial charge in [0, 0.05) is 13.1 Å². The van der Waals surface area contributed by atoms with Crippen LogP contribution in [0.4, 0.5) is 0 Å². The fraction of sp³-hybridized carbons (Fsp3) is 1.00. The average Bonchev–Trinajstić information content (AvgIpc) is 2.50. The summed E-state index contributed by atoms with van der Waals surface area (Å²) in [6, 6.07) is 0. The third-order valence-corrected chi connectivity index (χ3v) is 5.41. The monoisotopic (exact) mass is 347 g/mol. The largest absolute Gasteiger partial charge is 0.293 e. The number of hydrogen-bond donors (Lipinski definition) is 0. The van der Waals surface area contributed by atoms with Crippen LogP contribution in [0.1, 0.15) is 104 Å². The van der Waals surface area contributed by atoms with Crippen molar-refractivity contribution in [3.63, 3.8) is 0 Å². The average molecular weight is 348 g/mol. The fourth-order valence-corrected chi connectivity index (χ4v) is 3.58. The van der Waals surface area contributed by atoms with Crippen LogP contribution in [0, 0.1) is 0 Å². The van der Waals surface area contributed by atoms with Crippen molar-refractivity contribution in [1.29, 1.82) is 0 Å². The van der Waals surface area contributed by atoms with Gasteiger partial charge in [0.25, 0.3) is 10.2 Å². The van der Waals surface area contributed by atoms with Gasteiger partial charge in [0.1, 0.15) is 0 Å². The Bertz CT molecular complexity index is 327. The molecule has 4 nitrogen and oxygen atoms in total. The minimum Gasteiger partial charge on any atom is -0.194 e. The van der Waals surface area contributed by atoms with Gasteiger partial charge in [-0.25, -0.2) is 0 Å². The van der Waals surface area contributed by atoms with Gasteiger partial charge in [-0.3, -0.25) is 0 Å². The van der Waals surface area contributed by atoms with E-state index < -0.39 is 10.2 Å². The summed E-state index contributed by atoms with van der Waals surface area (Å²) in [6.45, 7) is 5.46. The fourth-order valence-electron chi connectivity index (χ4n) is 2.84. The second-order valence-corrected chi connectivity index (χ2v) is 8.11. The van der Waals surface area contributed by atoms with Gasteiger partial charge in [-0.1, -0.05) is 90.9 Å². The summed E-state index contributed by atoms with van der Waals surface area (Å²) in [7, 11) is -3.78. The minimum absolute atomic E-state index is 0.523. The molecule has 0 heterocycles. The molecule has 0 aliphatic carbocycles. The summed E-state index contributed by atoms with van der Waals surface area (Å²) in [5.41, 5.74) is 0. The number of unbranched alkanes of at least 4 members (excludes halogenated alkanes) is 12. The van der Waals surface area contributed by atoms with E-state index in [0.717, 1.165) is 25.7 Å².